The maximum Gasteiger partial charge on any atom is 0.240 e. The monoisotopic (exact) mass is 99.0 g/mol. The molecular weight excluding hydrogens is 94.0 g/mol. The summed E-state index contributed by atoms with van der Waals surface area (Å²) < 4.78 is 0. The van der Waals surface area contributed by atoms with Gasteiger partial charge in [-0.2, -0.15) is 0 Å². The Morgan fingerprint density at radius 2 is 2.14 bits per heavy atom. The molecule has 0 amide bonds. The summed E-state index contributed by atoms with van der Waals surface area (Å²) in [5, 5.41) is 0. The van der Waals surface area contributed by atoms with E-state index in [4.69, 9.17) is 5.73 Å². The Labute approximate surface area is 40.8 Å². The van der Waals surface area contributed by atoms with E-state index in [1.807, 2.05) is 0 Å². The Balaban J connectivity index is 3.81. The van der Waals surface area contributed by atoms with Crippen molar-refractivity contribution >= 4 is 12.1 Å². The van der Waals surface area contributed by atoms with Crippen LogP contribution in [0.25, 0.3) is 0 Å². The fourth-order valence-corrected chi connectivity index (χ4v) is 0.0757. The normalized spacial score (nSPS) is 7.43. The van der Waals surface area contributed by atoms with Crippen LogP contribution in [0.15, 0.2) is 12.3 Å². The van der Waals surface area contributed by atoms with Crippen molar-refractivity contribution in [2.75, 3.05) is 0 Å². The van der Waals surface area contributed by atoms with Crippen LogP contribution in [0.2, 0.25) is 0 Å². The second-order valence-corrected chi connectivity index (χ2v) is 1.01. The average molecular weight is 99.1 g/mol. The molecule has 0 saturated heterocycles. The number of hydrogen-bond acceptors (Lipinski definition) is 3. The summed E-state index contributed by atoms with van der Waals surface area (Å²) in [5.74, 6) is -0.750. The van der Waals surface area contributed by atoms with Crippen molar-refractivity contribution in [3.63, 3.8) is 0 Å². The van der Waals surface area contributed by atoms with Gasteiger partial charge in [0.05, 0.1) is 5.70 Å². The third-order valence-corrected chi connectivity index (χ3v) is 0.424. The van der Waals surface area contributed by atoms with E-state index >= 15 is 0 Å². The summed E-state index contributed by atoms with van der Waals surface area (Å²) in [6.45, 7) is 3.02. The molecule has 0 atom stereocenters. The van der Waals surface area contributed by atoms with Crippen molar-refractivity contribution in [1.82, 2.24) is 0 Å². The van der Waals surface area contributed by atoms with Gasteiger partial charge in [-0.15, -0.1) is 0 Å². The van der Waals surface area contributed by atoms with Crippen LogP contribution in [0.4, 0.5) is 0 Å². The number of carbonyl (C=O) groups is 2. The van der Waals surface area contributed by atoms with Gasteiger partial charge < -0.3 is 5.73 Å². The van der Waals surface area contributed by atoms with Crippen molar-refractivity contribution < 1.29 is 9.59 Å². The number of Topliss-reactive ketones (excluding diaryl/α,β-unsaturated/α-hetero) is 1. The third-order valence-electron chi connectivity index (χ3n) is 0.424. The fraction of sp³-hybridized carbons (Fsp3) is 0. The van der Waals surface area contributed by atoms with E-state index < -0.39 is 5.78 Å². The highest BCUT2D eigenvalue weighted by Gasteiger charge is 1.95. The molecule has 38 valence electrons. The van der Waals surface area contributed by atoms with Gasteiger partial charge in [0, 0.05) is 0 Å². The lowest BCUT2D eigenvalue weighted by Crippen LogP contribution is -2.09. The predicted molar refractivity (Wildman–Crippen MR) is 24.4 cm³/mol. The SMILES string of the molecule is C=C(N)C(=O)C=O. The number of allylic oxidation sites excluding steroid dienone is 1. The van der Waals surface area contributed by atoms with Crippen LogP contribution >= 0.6 is 0 Å². The topological polar surface area (TPSA) is 60.2 Å². The first-order valence-electron chi connectivity index (χ1n) is 1.62. The summed E-state index contributed by atoms with van der Waals surface area (Å²) in [5.41, 5.74) is 4.56. The summed E-state index contributed by atoms with van der Waals surface area (Å²) in [6.07, 6.45) is 0.127. The van der Waals surface area contributed by atoms with Crippen LogP contribution in [-0.4, -0.2) is 12.1 Å². The predicted octanol–water partition coefficient (Wildman–Crippen LogP) is -0.773. The van der Waals surface area contributed by atoms with Crippen molar-refractivity contribution in [2.45, 2.75) is 0 Å². The van der Waals surface area contributed by atoms with Gasteiger partial charge in [-0.3, -0.25) is 9.59 Å². The van der Waals surface area contributed by atoms with Crippen LogP contribution in [0.1, 0.15) is 0 Å². The Morgan fingerprint density at radius 1 is 1.71 bits per heavy atom. The van der Waals surface area contributed by atoms with E-state index in [-0.39, 0.29) is 12.0 Å². The molecule has 2 N–H and O–H groups in total. The van der Waals surface area contributed by atoms with Gasteiger partial charge in [0.15, 0.2) is 6.29 Å². The Kier molecular flexibility index (Phi) is 1.78. The Hall–Kier alpha value is -1.12. The number of aldehydes is 1. The highest BCUT2D eigenvalue weighted by atomic mass is 16.2. The molecule has 0 spiro atoms. The lowest BCUT2D eigenvalue weighted by atomic mass is 10.4. The van der Waals surface area contributed by atoms with Gasteiger partial charge in [0.1, 0.15) is 0 Å². The zero-order valence-electron chi connectivity index (χ0n) is 3.68. The van der Waals surface area contributed by atoms with Crippen molar-refractivity contribution in [2.24, 2.45) is 5.73 Å². The standard InChI is InChI=1S/C4H5NO2/c1-3(5)4(7)2-6/h2H,1,5H2. The van der Waals surface area contributed by atoms with Crippen LogP contribution in [0.5, 0.6) is 0 Å². The summed E-state index contributed by atoms with van der Waals surface area (Å²) in [7, 11) is 0. The lowest BCUT2D eigenvalue weighted by Gasteiger charge is -1.81. The van der Waals surface area contributed by atoms with E-state index in [0.29, 0.717) is 0 Å². The first-order valence-corrected chi connectivity index (χ1v) is 1.62. The molecule has 0 rings (SSSR count). The Morgan fingerprint density at radius 3 is 2.14 bits per heavy atom. The molecule has 0 radical (unpaired) electrons. The van der Waals surface area contributed by atoms with Crippen LogP contribution < -0.4 is 5.73 Å². The molecule has 0 aliphatic carbocycles. The van der Waals surface area contributed by atoms with Crippen molar-refractivity contribution in [1.29, 1.82) is 0 Å². The Bertz CT molecular complexity index is 117. The zero-order valence-corrected chi connectivity index (χ0v) is 3.68. The number of carbonyl (C=O) groups excluding carboxylic acids is 2. The molecule has 0 heterocycles. The van der Waals surface area contributed by atoms with Gasteiger partial charge in [-0.1, -0.05) is 6.58 Å². The maximum absolute atomic E-state index is 9.92. The molecule has 0 unspecified atom stereocenters. The quantitative estimate of drug-likeness (QED) is 0.281. The molecular formula is C4H5NO2. The molecule has 0 aromatic heterocycles. The van der Waals surface area contributed by atoms with E-state index in [1.54, 1.807) is 0 Å². The fourth-order valence-electron chi connectivity index (χ4n) is 0.0757. The molecule has 0 aromatic carbocycles. The number of ketones is 1. The van der Waals surface area contributed by atoms with Crippen LogP contribution in [0.3, 0.4) is 0 Å². The van der Waals surface area contributed by atoms with E-state index in [2.05, 4.69) is 6.58 Å². The van der Waals surface area contributed by atoms with Crippen LogP contribution in [-0.2, 0) is 9.59 Å². The molecule has 3 nitrogen and oxygen atoms in total. The lowest BCUT2D eigenvalue weighted by molar-refractivity contribution is -0.127. The van der Waals surface area contributed by atoms with Gasteiger partial charge in [-0.05, 0) is 0 Å². The minimum atomic E-state index is -0.750. The zero-order chi connectivity index (χ0) is 5.86. The molecule has 0 fully saturated rings. The molecule has 7 heavy (non-hydrogen) atoms. The average Bonchev–Trinajstić information content (AvgIpc) is 1.65. The molecule has 0 aromatic rings. The molecule has 0 aliphatic heterocycles. The summed E-state index contributed by atoms with van der Waals surface area (Å²) >= 11 is 0. The smallest absolute Gasteiger partial charge is 0.240 e. The molecule has 0 saturated carbocycles. The minimum absolute atomic E-state index is 0.127. The van der Waals surface area contributed by atoms with Gasteiger partial charge in [0.25, 0.3) is 0 Å². The van der Waals surface area contributed by atoms with Crippen molar-refractivity contribution in [3.05, 3.63) is 12.3 Å². The molecule has 3 heteroatoms. The number of nitrogens with two attached hydrogens (primary N) is 1. The van der Waals surface area contributed by atoms with Gasteiger partial charge in [-0.25, -0.2) is 0 Å². The first kappa shape index (κ1) is 5.88. The van der Waals surface area contributed by atoms with Gasteiger partial charge >= 0.3 is 0 Å². The molecule has 0 bridgehead atoms. The summed E-state index contributed by atoms with van der Waals surface area (Å²) in [4.78, 5) is 19.4. The first-order chi connectivity index (χ1) is 3.18. The largest absolute Gasteiger partial charge is 0.396 e. The van der Waals surface area contributed by atoms with E-state index in [1.165, 1.54) is 0 Å². The minimum Gasteiger partial charge on any atom is -0.396 e. The summed E-state index contributed by atoms with van der Waals surface area (Å²) in [6, 6.07) is 0. The van der Waals surface area contributed by atoms with E-state index in [0.717, 1.165) is 0 Å². The molecule has 0 aliphatic rings. The van der Waals surface area contributed by atoms with Gasteiger partial charge in [0.2, 0.25) is 5.78 Å². The second-order valence-electron chi connectivity index (χ2n) is 1.01. The van der Waals surface area contributed by atoms with E-state index in [9.17, 15) is 9.59 Å². The number of rotatable bonds is 2. The van der Waals surface area contributed by atoms with Crippen molar-refractivity contribution in [3.8, 4) is 0 Å². The maximum atomic E-state index is 9.92. The highest BCUT2D eigenvalue weighted by Crippen LogP contribution is 1.72. The third kappa shape index (κ3) is 1.70. The van der Waals surface area contributed by atoms with Crippen LogP contribution in [0, 0.1) is 0 Å². The highest BCUT2D eigenvalue weighted by molar-refractivity contribution is 6.32. The number of hydrogen-bond donors (Lipinski definition) is 1. The second kappa shape index (κ2) is 2.12.